The third kappa shape index (κ3) is 1.99. The molecule has 0 saturated heterocycles. The molecular formula is C15H20N4S2. The number of rotatable bonds is 1. The Bertz CT molecular complexity index is 611. The largest absolute Gasteiger partial charge is 0.250 e. The van der Waals surface area contributed by atoms with E-state index in [1.54, 1.807) is 23.5 Å². The number of fused-ring (bicyclic) bond motifs is 1. The van der Waals surface area contributed by atoms with Crippen molar-refractivity contribution in [3.63, 3.8) is 0 Å². The second-order valence-corrected chi connectivity index (χ2v) is 7.28. The maximum Gasteiger partial charge on any atom is 0.185 e. The molecule has 0 N–H and O–H groups in total. The summed E-state index contributed by atoms with van der Waals surface area (Å²) in [6, 6.07) is 10.4. The van der Waals surface area contributed by atoms with Crippen molar-refractivity contribution in [2.45, 2.75) is 32.0 Å². The average Bonchev–Trinajstić information content (AvgIpc) is 2.89. The van der Waals surface area contributed by atoms with E-state index in [1.807, 2.05) is 6.07 Å². The maximum absolute atomic E-state index is 5.01. The minimum Gasteiger partial charge on any atom is -0.250 e. The zero-order chi connectivity index (χ0) is 15.3. The first-order valence-electron chi connectivity index (χ1n) is 6.87. The number of hydrazine groups is 1. The molecule has 0 radical (unpaired) electrons. The van der Waals surface area contributed by atoms with Crippen LogP contribution in [-0.2, 0) is 0 Å². The molecule has 1 aromatic carbocycles. The van der Waals surface area contributed by atoms with Crippen LogP contribution in [0.2, 0.25) is 0 Å². The molecule has 21 heavy (non-hydrogen) atoms. The average molecular weight is 320 g/mol. The predicted molar refractivity (Wildman–Crippen MR) is 95.1 cm³/mol. The van der Waals surface area contributed by atoms with E-state index in [0.717, 1.165) is 16.0 Å². The molecule has 3 rings (SSSR count). The highest BCUT2D eigenvalue weighted by molar-refractivity contribution is 8.14. The fourth-order valence-electron chi connectivity index (χ4n) is 2.68. The number of nitrogens with zero attached hydrogens (tertiary/aromatic N) is 4. The Labute approximate surface area is 134 Å². The molecule has 0 spiro atoms. The maximum atomic E-state index is 5.01. The fourth-order valence-corrected chi connectivity index (χ4v) is 4.06. The summed E-state index contributed by atoms with van der Waals surface area (Å²) >= 11 is 3.35. The smallest absolute Gasteiger partial charge is 0.185 e. The zero-order valence-corrected chi connectivity index (χ0v) is 14.6. The Morgan fingerprint density at radius 1 is 0.905 bits per heavy atom. The van der Waals surface area contributed by atoms with Crippen LogP contribution in [0.25, 0.3) is 0 Å². The molecule has 2 aliphatic rings. The van der Waals surface area contributed by atoms with Crippen molar-refractivity contribution < 1.29 is 0 Å². The van der Waals surface area contributed by atoms with Crippen LogP contribution in [0.4, 0.5) is 5.69 Å². The van der Waals surface area contributed by atoms with Crippen molar-refractivity contribution in [1.29, 1.82) is 0 Å². The molecule has 0 amide bonds. The number of benzene rings is 1. The first kappa shape index (κ1) is 14.8. The second-order valence-electron chi connectivity index (χ2n) is 5.74. The SMILES string of the molecule is CSC1=N[C@@]2(C)N(C(SC)=NC2(C)C)N1c1ccccc1. The van der Waals surface area contributed by atoms with E-state index in [9.17, 15) is 0 Å². The first-order valence-corrected chi connectivity index (χ1v) is 9.32. The summed E-state index contributed by atoms with van der Waals surface area (Å²) in [5, 5.41) is 6.45. The summed E-state index contributed by atoms with van der Waals surface area (Å²) in [5.74, 6) is 0. The van der Waals surface area contributed by atoms with Gasteiger partial charge in [0.05, 0.1) is 5.69 Å². The van der Waals surface area contributed by atoms with Crippen molar-refractivity contribution in [3.05, 3.63) is 30.3 Å². The van der Waals surface area contributed by atoms with Crippen molar-refractivity contribution in [3.8, 4) is 0 Å². The van der Waals surface area contributed by atoms with Crippen LogP contribution in [-0.4, -0.2) is 39.1 Å². The van der Waals surface area contributed by atoms with Gasteiger partial charge in [0.1, 0.15) is 5.54 Å². The number of hydrogen-bond acceptors (Lipinski definition) is 6. The molecule has 0 fully saturated rings. The molecule has 0 unspecified atom stereocenters. The number of para-hydroxylation sites is 1. The third-order valence-electron chi connectivity index (χ3n) is 4.19. The van der Waals surface area contributed by atoms with Crippen LogP contribution >= 0.6 is 23.5 Å². The van der Waals surface area contributed by atoms with E-state index in [1.165, 1.54) is 0 Å². The Morgan fingerprint density at radius 2 is 1.52 bits per heavy atom. The highest BCUT2D eigenvalue weighted by Crippen LogP contribution is 2.47. The molecular weight excluding hydrogens is 300 g/mol. The number of anilines is 1. The Balaban J connectivity index is 2.14. The topological polar surface area (TPSA) is 31.2 Å². The van der Waals surface area contributed by atoms with Gasteiger partial charge in [0.2, 0.25) is 0 Å². The highest BCUT2D eigenvalue weighted by Gasteiger charge is 2.59. The van der Waals surface area contributed by atoms with Gasteiger partial charge in [-0.1, -0.05) is 41.7 Å². The van der Waals surface area contributed by atoms with Crippen molar-refractivity contribution in [2.75, 3.05) is 17.5 Å². The lowest BCUT2D eigenvalue weighted by atomic mass is 9.91. The molecule has 1 aromatic rings. The highest BCUT2D eigenvalue weighted by atomic mass is 32.2. The Kier molecular flexibility index (Phi) is 3.48. The molecule has 2 aliphatic heterocycles. The van der Waals surface area contributed by atoms with Crippen LogP contribution in [0.3, 0.4) is 0 Å². The van der Waals surface area contributed by atoms with Crippen molar-refractivity contribution in [2.24, 2.45) is 9.98 Å². The van der Waals surface area contributed by atoms with E-state index in [2.05, 4.69) is 67.6 Å². The quantitative estimate of drug-likeness (QED) is 0.790. The minimum absolute atomic E-state index is 0.254. The molecule has 0 saturated carbocycles. The van der Waals surface area contributed by atoms with Gasteiger partial charge in [-0.05, 0) is 45.4 Å². The van der Waals surface area contributed by atoms with Gasteiger partial charge in [-0.3, -0.25) is 4.99 Å². The van der Waals surface area contributed by atoms with E-state index in [0.29, 0.717) is 0 Å². The van der Waals surface area contributed by atoms with Crippen LogP contribution in [0, 0.1) is 0 Å². The second kappa shape index (κ2) is 4.95. The Hall–Kier alpha value is -1.14. The van der Waals surface area contributed by atoms with Gasteiger partial charge < -0.3 is 0 Å². The summed E-state index contributed by atoms with van der Waals surface area (Å²) in [6.45, 7) is 6.47. The van der Waals surface area contributed by atoms with Gasteiger partial charge in [-0.15, -0.1) is 0 Å². The third-order valence-corrected chi connectivity index (χ3v) is 5.45. The van der Waals surface area contributed by atoms with Gasteiger partial charge >= 0.3 is 0 Å². The number of amidine groups is 2. The normalized spacial score (nSPS) is 26.7. The molecule has 1 atom stereocenters. The molecule has 2 heterocycles. The summed E-state index contributed by atoms with van der Waals surface area (Å²) in [7, 11) is 0. The Morgan fingerprint density at radius 3 is 2.10 bits per heavy atom. The zero-order valence-electron chi connectivity index (χ0n) is 13.0. The lowest BCUT2D eigenvalue weighted by Gasteiger charge is -2.39. The summed E-state index contributed by atoms with van der Waals surface area (Å²) < 4.78 is 0. The van der Waals surface area contributed by atoms with Crippen LogP contribution in [0.1, 0.15) is 20.8 Å². The molecule has 0 bridgehead atoms. The van der Waals surface area contributed by atoms with Gasteiger partial charge in [-0.25, -0.2) is 15.0 Å². The molecule has 4 nitrogen and oxygen atoms in total. The molecule has 6 heteroatoms. The number of thioether (sulfide) groups is 2. The predicted octanol–water partition coefficient (Wildman–Crippen LogP) is 3.67. The standard InChI is InChI=1S/C15H20N4S2/c1-14(2)15(3)17-12(20-4)18(11-9-7-6-8-10-11)19(15)13(16-14)21-5/h6-10H,1-5H3/t15-/m0/s1. The van der Waals surface area contributed by atoms with Crippen LogP contribution in [0.5, 0.6) is 0 Å². The lowest BCUT2D eigenvalue weighted by Crippen LogP contribution is -2.56. The van der Waals surface area contributed by atoms with Crippen molar-refractivity contribution in [1.82, 2.24) is 5.01 Å². The number of hydrogen-bond donors (Lipinski definition) is 0. The van der Waals surface area contributed by atoms with E-state index < -0.39 is 0 Å². The van der Waals surface area contributed by atoms with Gasteiger partial charge in [0, 0.05) is 0 Å². The molecule has 112 valence electrons. The summed E-state index contributed by atoms with van der Waals surface area (Å²) in [4.78, 5) is 9.90. The van der Waals surface area contributed by atoms with E-state index >= 15 is 0 Å². The van der Waals surface area contributed by atoms with Gasteiger partial charge in [-0.2, -0.15) is 0 Å². The van der Waals surface area contributed by atoms with Gasteiger partial charge in [0.25, 0.3) is 0 Å². The first-order chi connectivity index (χ1) is 9.94. The molecule has 0 aromatic heterocycles. The summed E-state index contributed by atoms with van der Waals surface area (Å²) in [6.07, 6.45) is 4.14. The number of aliphatic imine (C=N–C) groups is 2. The minimum atomic E-state index is -0.375. The van der Waals surface area contributed by atoms with Gasteiger partial charge in [0.15, 0.2) is 16.0 Å². The summed E-state index contributed by atoms with van der Waals surface area (Å²) in [5.41, 5.74) is 0.490. The lowest BCUT2D eigenvalue weighted by molar-refractivity contribution is 0.173. The molecule has 0 aliphatic carbocycles. The van der Waals surface area contributed by atoms with Crippen LogP contribution < -0.4 is 5.01 Å². The van der Waals surface area contributed by atoms with E-state index in [-0.39, 0.29) is 11.2 Å². The monoisotopic (exact) mass is 320 g/mol. The van der Waals surface area contributed by atoms with Crippen LogP contribution in [0.15, 0.2) is 40.3 Å². The van der Waals surface area contributed by atoms with Crippen molar-refractivity contribution >= 4 is 39.5 Å². The fraction of sp³-hybridized carbons (Fsp3) is 0.467. The van der Waals surface area contributed by atoms with E-state index in [4.69, 9.17) is 9.98 Å².